The van der Waals surface area contributed by atoms with E-state index in [1.165, 1.54) is 18.6 Å². The van der Waals surface area contributed by atoms with Crippen molar-refractivity contribution in [3.05, 3.63) is 60.4 Å². The molecule has 1 unspecified atom stereocenters. The fourth-order valence-corrected chi connectivity index (χ4v) is 2.02. The molecule has 1 atom stereocenters. The van der Waals surface area contributed by atoms with E-state index in [0.29, 0.717) is 0 Å². The van der Waals surface area contributed by atoms with E-state index in [-0.39, 0.29) is 11.9 Å². The Labute approximate surface area is 120 Å². The number of hydrogen-bond donors (Lipinski definition) is 1. The van der Waals surface area contributed by atoms with Crippen LogP contribution in [0.15, 0.2) is 49.1 Å². The van der Waals surface area contributed by atoms with Gasteiger partial charge in [-0.1, -0.05) is 6.07 Å². The van der Waals surface area contributed by atoms with Gasteiger partial charge in [0.2, 0.25) is 0 Å². The summed E-state index contributed by atoms with van der Waals surface area (Å²) in [4.78, 5) is 3.86. The van der Waals surface area contributed by atoms with Crippen molar-refractivity contribution in [2.45, 2.75) is 13.0 Å². The molecule has 3 aromatic rings. The first-order valence-corrected chi connectivity index (χ1v) is 6.43. The van der Waals surface area contributed by atoms with E-state index in [1.807, 2.05) is 31.2 Å². The summed E-state index contributed by atoms with van der Waals surface area (Å²) in [6.45, 7) is 1.94. The van der Waals surface area contributed by atoms with Crippen LogP contribution in [-0.4, -0.2) is 25.2 Å². The lowest BCUT2D eigenvalue weighted by atomic mass is 10.1. The van der Waals surface area contributed by atoms with E-state index >= 15 is 0 Å². The zero-order valence-corrected chi connectivity index (χ0v) is 11.3. The second-order valence-electron chi connectivity index (χ2n) is 4.61. The quantitative estimate of drug-likeness (QED) is 0.796. The maximum atomic E-state index is 13.2. The molecule has 0 aliphatic carbocycles. The standard InChI is InChI=1S/C14H13FN6/c1-10(11-5-12(15)8-16-7-11)18-13-3-2-4-14(6-13)21-9-17-19-20-21/h2-10,18H,1H3. The van der Waals surface area contributed by atoms with Crippen LogP contribution < -0.4 is 5.32 Å². The molecule has 6 nitrogen and oxygen atoms in total. The molecule has 0 radical (unpaired) electrons. The number of halogens is 1. The molecule has 0 saturated heterocycles. The van der Waals surface area contributed by atoms with Crippen molar-refractivity contribution < 1.29 is 4.39 Å². The predicted molar refractivity (Wildman–Crippen MR) is 75.4 cm³/mol. The van der Waals surface area contributed by atoms with Gasteiger partial charge in [-0.2, -0.15) is 0 Å². The van der Waals surface area contributed by atoms with Gasteiger partial charge in [-0.05, 0) is 47.2 Å². The van der Waals surface area contributed by atoms with E-state index in [2.05, 4.69) is 25.8 Å². The fraction of sp³-hybridized carbons (Fsp3) is 0.143. The van der Waals surface area contributed by atoms with E-state index in [4.69, 9.17) is 0 Å². The van der Waals surface area contributed by atoms with E-state index in [0.717, 1.165) is 16.9 Å². The van der Waals surface area contributed by atoms with Gasteiger partial charge >= 0.3 is 0 Å². The number of rotatable bonds is 4. The number of benzene rings is 1. The largest absolute Gasteiger partial charge is 0.378 e. The third-order valence-corrected chi connectivity index (χ3v) is 3.07. The summed E-state index contributed by atoms with van der Waals surface area (Å²) in [5, 5.41) is 14.4. The van der Waals surface area contributed by atoms with Gasteiger partial charge in [-0.3, -0.25) is 4.98 Å². The molecule has 3 rings (SSSR count). The van der Waals surface area contributed by atoms with Crippen molar-refractivity contribution in [2.75, 3.05) is 5.32 Å². The molecule has 1 aromatic carbocycles. The van der Waals surface area contributed by atoms with Crippen LogP contribution in [0.25, 0.3) is 5.69 Å². The first kappa shape index (κ1) is 13.2. The maximum absolute atomic E-state index is 13.2. The number of hydrogen-bond acceptors (Lipinski definition) is 5. The molecule has 1 N–H and O–H groups in total. The van der Waals surface area contributed by atoms with Crippen molar-refractivity contribution >= 4 is 5.69 Å². The molecular weight excluding hydrogens is 271 g/mol. The molecule has 2 aromatic heterocycles. The molecule has 0 amide bonds. The van der Waals surface area contributed by atoms with E-state index < -0.39 is 0 Å². The lowest BCUT2D eigenvalue weighted by molar-refractivity contribution is 0.616. The summed E-state index contributed by atoms with van der Waals surface area (Å²) in [7, 11) is 0. The Morgan fingerprint density at radius 3 is 2.90 bits per heavy atom. The Hall–Kier alpha value is -2.83. The van der Waals surface area contributed by atoms with Crippen LogP contribution in [-0.2, 0) is 0 Å². The molecule has 0 saturated carbocycles. The normalized spacial score (nSPS) is 12.1. The molecule has 106 valence electrons. The van der Waals surface area contributed by atoms with Gasteiger partial charge in [0.1, 0.15) is 12.1 Å². The zero-order valence-electron chi connectivity index (χ0n) is 11.3. The summed E-state index contributed by atoms with van der Waals surface area (Å²) in [6, 6.07) is 9.04. The highest BCUT2D eigenvalue weighted by Gasteiger charge is 2.08. The van der Waals surface area contributed by atoms with Crippen molar-refractivity contribution in [3.8, 4) is 5.69 Å². The average molecular weight is 284 g/mol. The molecule has 2 heterocycles. The monoisotopic (exact) mass is 284 g/mol. The lowest BCUT2D eigenvalue weighted by Crippen LogP contribution is -2.08. The van der Waals surface area contributed by atoms with Crippen LogP contribution in [0.4, 0.5) is 10.1 Å². The first-order valence-electron chi connectivity index (χ1n) is 6.43. The molecule has 7 heteroatoms. The Balaban J connectivity index is 1.80. The summed E-state index contributed by atoms with van der Waals surface area (Å²) in [6.07, 6.45) is 4.36. The van der Waals surface area contributed by atoms with Gasteiger partial charge < -0.3 is 5.32 Å². The Morgan fingerprint density at radius 1 is 1.24 bits per heavy atom. The molecule has 0 bridgehead atoms. The molecule has 0 aliphatic heterocycles. The lowest BCUT2D eigenvalue weighted by Gasteiger charge is -2.16. The van der Waals surface area contributed by atoms with Gasteiger partial charge in [-0.25, -0.2) is 9.07 Å². The van der Waals surface area contributed by atoms with Crippen LogP contribution in [0.1, 0.15) is 18.5 Å². The Bertz CT molecular complexity index is 728. The smallest absolute Gasteiger partial charge is 0.143 e. The minimum absolute atomic E-state index is 0.0719. The van der Waals surface area contributed by atoms with E-state index in [1.54, 1.807) is 10.9 Å². The summed E-state index contributed by atoms with van der Waals surface area (Å²) in [5.74, 6) is -0.344. The summed E-state index contributed by atoms with van der Waals surface area (Å²) < 4.78 is 14.8. The van der Waals surface area contributed by atoms with Gasteiger partial charge in [-0.15, -0.1) is 5.10 Å². The molecule has 0 aliphatic rings. The van der Waals surface area contributed by atoms with Crippen LogP contribution in [0.3, 0.4) is 0 Å². The number of tetrazole rings is 1. The number of nitrogens with zero attached hydrogens (tertiary/aromatic N) is 5. The SMILES string of the molecule is CC(Nc1cccc(-n2cnnn2)c1)c1cncc(F)c1. The number of aromatic nitrogens is 5. The van der Waals surface area contributed by atoms with Gasteiger partial charge in [0, 0.05) is 11.9 Å². The number of anilines is 1. The van der Waals surface area contributed by atoms with Crippen LogP contribution in [0, 0.1) is 5.82 Å². The van der Waals surface area contributed by atoms with Crippen molar-refractivity contribution in [2.24, 2.45) is 0 Å². The summed E-state index contributed by atoms with van der Waals surface area (Å²) in [5.41, 5.74) is 2.51. The highest BCUT2D eigenvalue weighted by Crippen LogP contribution is 2.20. The third-order valence-electron chi connectivity index (χ3n) is 3.07. The van der Waals surface area contributed by atoms with E-state index in [9.17, 15) is 4.39 Å². The molecule has 0 spiro atoms. The second kappa shape index (κ2) is 5.66. The maximum Gasteiger partial charge on any atom is 0.143 e. The average Bonchev–Trinajstić information content (AvgIpc) is 3.02. The van der Waals surface area contributed by atoms with Gasteiger partial charge in [0.05, 0.1) is 17.9 Å². The second-order valence-corrected chi connectivity index (χ2v) is 4.61. The van der Waals surface area contributed by atoms with Crippen LogP contribution in [0.2, 0.25) is 0 Å². The van der Waals surface area contributed by atoms with Crippen molar-refractivity contribution in [3.63, 3.8) is 0 Å². The van der Waals surface area contributed by atoms with Gasteiger partial charge in [0.25, 0.3) is 0 Å². The molecular formula is C14H13FN6. The topological polar surface area (TPSA) is 68.5 Å². The van der Waals surface area contributed by atoms with Crippen molar-refractivity contribution in [1.29, 1.82) is 0 Å². The molecule has 0 fully saturated rings. The summed E-state index contributed by atoms with van der Waals surface area (Å²) >= 11 is 0. The first-order chi connectivity index (χ1) is 10.2. The minimum Gasteiger partial charge on any atom is -0.378 e. The number of nitrogens with one attached hydrogen (secondary N) is 1. The predicted octanol–water partition coefficient (Wildman–Crippen LogP) is 2.37. The van der Waals surface area contributed by atoms with Crippen LogP contribution >= 0.6 is 0 Å². The Kier molecular flexibility index (Phi) is 3.55. The zero-order chi connectivity index (χ0) is 14.7. The van der Waals surface area contributed by atoms with Crippen molar-refractivity contribution in [1.82, 2.24) is 25.2 Å². The van der Waals surface area contributed by atoms with Crippen LogP contribution in [0.5, 0.6) is 0 Å². The Morgan fingerprint density at radius 2 is 2.14 bits per heavy atom. The van der Waals surface area contributed by atoms with Gasteiger partial charge in [0.15, 0.2) is 0 Å². The highest BCUT2D eigenvalue weighted by atomic mass is 19.1. The highest BCUT2D eigenvalue weighted by molar-refractivity contribution is 5.51. The minimum atomic E-state index is -0.344. The fourth-order valence-electron chi connectivity index (χ4n) is 2.02. The molecule has 21 heavy (non-hydrogen) atoms. The number of pyridine rings is 1. The third kappa shape index (κ3) is 3.02.